The van der Waals surface area contributed by atoms with Crippen molar-refractivity contribution < 1.29 is 9.90 Å². The van der Waals surface area contributed by atoms with Gasteiger partial charge in [0.25, 0.3) is 0 Å². The van der Waals surface area contributed by atoms with Crippen molar-refractivity contribution in [1.29, 1.82) is 0 Å². The first-order chi connectivity index (χ1) is 7.19. The van der Waals surface area contributed by atoms with E-state index in [1.807, 2.05) is 0 Å². The summed E-state index contributed by atoms with van der Waals surface area (Å²) in [5.41, 5.74) is 0. The van der Waals surface area contributed by atoms with Crippen LogP contribution in [0.1, 0.15) is 46.0 Å². The smallest absolute Gasteiger partial charge is 0.306 e. The fourth-order valence-electron chi connectivity index (χ4n) is 2.50. The summed E-state index contributed by atoms with van der Waals surface area (Å²) in [4.78, 5) is 11.0. The summed E-state index contributed by atoms with van der Waals surface area (Å²) in [6.07, 6.45) is 5.27. The van der Waals surface area contributed by atoms with Crippen LogP contribution in [0.15, 0.2) is 0 Å². The van der Waals surface area contributed by atoms with Gasteiger partial charge in [-0.1, -0.05) is 20.3 Å². The summed E-state index contributed by atoms with van der Waals surface area (Å²) in [6.45, 7) is 5.22. The van der Waals surface area contributed by atoms with Gasteiger partial charge in [-0.05, 0) is 38.1 Å². The van der Waals surface area contributed by atoms with Gasteiger partial charge in [0.2, 0.25) is 0 Å². The number of carbonyl (C=O) groups is 1. The van der Waals surface area contributed by atoms with Gasteiger partial charge in [0.05, 0.1) is 5.92 Å². The fourth-order valence-corrected chi connectivity index (χ4v) is 2.50. The molecule has 1 rings (SSSR count). The minimum Gasteiger partial charge on any atom is -0.481 e. The zero-order valence-electron chi connectivity index (χ0n) is 9.83. The first-order valence-corrected chi connectivity index (χ1v) is 6.15. The molecule has 2 unspecified atom stereocenters. The molecule has 0 spiro atoms. The van der Waals surface area contributed by atoms with Crippen LogP contribution < -0.4 is 5.32 Å². The molecule has 1 saturated carbocycles. The Balaban J connectivity index is 2.34. The van der Waals surface area contributed by atoms with Crippen molar-refractivity contribution in [2.24, 2.45) is 11.8 Å². The highest BCUT2D eigenvalue weighted by Gasteiger charge is 2.32. The SMILES string of the molecule is CCC(CC)NCC1CCCC1C(=O)O. The molecule has 88 valence electrons. The Kier molecular flexibility index (Phi) is 5.09. The summed E-state index contributed by atoms with van der Waals surface area (Å²) in [7, 11) is 0. The molecule has 0 bridgehead atoms. The monoisotopic (exact) mass is 213 g/mol. The predicted octanol–water partition coefficient (Wildman–Crippen LogP) is 2.27. The van der Waals surface area contributed by atoms with E-state index in [0.717, 1.165) is 38.6 Å². The van der Waals surface area contributed by atoms with Crippen molar-refractivity contribution in [1.82, 2.24) is 5.32 Å². The second kappa shape index (κ2) is 6.11. The Morgan fingerprint density at radius 1 is 1.40 bits per heavy atom. The maximum absolute atomic E-state index is 11.0. The van der Waals surface area contributed by atoms with E-state index >= 15 is 0 Å². The van der Waals surface area contributed by atoms with Crippen LogP contribution in [0.5, 0.6) is 0 Å². The lowest BCUT2D eigenvalue weighted by atomic mass is 9.95. The van der Waals surface area contributed by atoms with Crippen molar-refractivity contribution in [3.63, 3.8) is 0 Å². The zero-order valence-corrected chi connectivity index (χ0v) is 9.83. The third-order valence-corrected chi connectivity index (χ3v) is 3.63. The molecule has 0 aliphatic heterocycles. The molecular weight excluding hydrogens is 190 g/mol. The Hall–Kier alpha value is -0.570. The van der Waals surface area contributed by atoms with E-state index in [9.17, 15) is 4.79 Å². The van der Waals surface area contributed by atoms with Crippen LogP contribution in [0.4, 0.5) is 0 Å². The highest BCUT2D eigenvalue weighted by molar-refractivity contribution is 5.70. The van der Waals surface area contributed by atoms with Crippen molar-refractivity contribution in [3.8, 4) is 0 Å². The normalized spacial score (nSPS) is 26.1. The molecule has 0 amide bonds. The van der Waals surface area contributed by atoms with E-state index < -0.39 is 5.97 Å². The quantitative estimate of drug-likeness (QED) is 0.711. The van der Waals surface area contributed by atoms with Crippen molar-refractivity contribution in [3.05, 3.63) is 0 Å². The molecule has 3 heteroatoms. The number of rotatable bonds is 6. The molecule has 0 aromatic heterocycles. The van der Waals surface area contributed by atoms with Gasteiger partial charge in [-0.15, -0.1) is 0 Å². The zero-order chi connectivity index (χ0) is 11.3. The average Bonchev–Trinajstić information content (AvgIpc) is 2.67. The lowest BCUT2D eigenvalue weighted by Gasteiger charge is -2.20. The minimum absolute atomic E-state index is 0.105. The number of hydrogen-bond acceptors (Lipinski definition) is 2. The molecule has 1 aliphatic carbocycles. The molecule has 1 aliphatic rings. The molecule has 0 saturated heterocycles. The number of carboxylic acid groups (broad SMARTS) is 1. The summed E-state index contributed by atoms with van der Waals surface area (Å²) < 4.78 is 0. The second-order valence-electron chi connectivity index (χ2n) is 4.56. The second-order valence-corrected chi connectivity index (χ2v) is 4.56. The molecular formula is C12H23NO2. The highest BCUT2D eigenvalue weighted by Crippen LogP contribution is 2.31. The van der Waals surface area contributed by atoms with Crippen LogP contribution in [-0.4, -0.2) is 23.7 Å². The van der Waals surface area contributed by atoms with Crippen LogP contribution >= 0.6 is 0 Å². The topological polar surface area (TPSA) is 49.3 Å². The van der Waals surface area contributed by atoms with E-state index in [2.05, 4.69) is 19.2 Å². The summed E-state index contributed by atoms with van der Waals surface area (Å²) in [5.74, 6) is -0.362. The van der Waals surface area contributed by atoms with Gasteiger partial charge in [-0.2, -0.15) is 0 Å². The molecule has 0 heterocycles. The minimum atomic E-state index is -0.608. The van der Waals surface area contributed by atoms with Crippen molar-refractivity contribution in [2.75, 3.05) is 6.54 Å². The first kappa shape index (κ1) is 12.5. The van der Waals surface area contributed by atoms with E-state index in [1.54, 1.807) is 0 Å². The lowest BCUT2D eigenvalue weighted by Crippen LogP contribution is -2.35. The van der Waals surface area contributed by atoms with Crippen LogP contribution in [0.25, 0.3) is 0 Å². The maximum Gasteiger partial charge on any atom is 0.306 e. The van der Waals surface area contributed by atoms with Crippen molar-refractivity contribution in [2.45, 2.75) is 52.0 Å². The number of nitrogens with one attached hydrogen (secondary N) is 1. The lowest BCUT2D eigenvalue weighted by molar-refractivity contribution is -0.142. The molecule has 0 radical (unpaired) electrons. The van der Waals surface area contributed by atoms with E-state index in [0.29, 0.717) is 12.0 Å². The Morgan fingerprint density at radius 3 is 2.60 bits per heavy atom. The van der Waals surface area contributed by atoms with Gasteiger partial charge in [0, 0.05) is 6.04 Å². The first-order valence-electron chi connectivity index (χ1n) is 6.15. The Bertz CT molecular complexity index is 202. The standard InChI is InChI=1S/C12H23NO2/c1-3-10(4-2)13-8-9-6-5-7-11(9)12(14)15/h9-11,13H,3-8H2,1-2H3,(H,14,15). The Labute approximate surface area is 92.3 Å². The summed E-state index contributed by atoms with van der Waals surface area (Å²) in [5, 5.41) is 12.5. The van der Waals surface area contributed by atoms with E-state index in [1.165, 1.54) is 0 Å². The van der Waals surface area contributed by atoms with Gasteiger partial charge in [-0.3, -0.25) is 4.79 Å². The maximum atomic E-state index is 11.0. The largest absolute Gasteiger partial charge is 0.481 e. The van der Waals surface area contributed by atoms with Crippen LogP contribution in [-0.2, 0) is 4.79 Å². The van der Waals surface area contributed by atoms with Crippen LogP contribution in [0.2, 0.25) is 0 Å². The van der Waals surface area contributed by atoms with Gasteiger partial charge >= 0.3 is 5.97 Å². The fraction of sp³-hybridized carbons (Fsp3) is 0.917. The van der Waals surface area contributed by atoms with E-state index in [4.69, 9.17) is 5.11 Å². The van der Waals surface area contributed by atoms with Gasteiger partial charge < -0.3 is 10.4 Å². The molecule has 0 aromatic carbocycles. The number of carboxylic acids is 1. The average molecular weight is 213 g/mol. The highest BCUT2D eigenvalue weighted by atomic mass is 16.4. The third-order valence-electron chi connectivity index (χ3n) is 3.63. The van der Waals surface area contributed by atoms with E-state index in [-0.39, 0.29) is 5.92 Å². The molecule has 2 N–H and O–H groups in total. The third kappa shape index (κ3) is 3.49. The number of hydrogen-bond donors (Lipinski definition) is 2. The summed E-state index contributed by atoms with van der Waals surface area (Å²) in [6, 6.07) is 0.556. The molecule has 2 atom stereocenters. The summed E-state index contributed by atoms with van der Waals surface area (Å²) >= 11 is 0. The molecule has 15 heavy (non-hydrogen) atoms. The molecule has 3 nitrogen and oxygen atoms in total. The van der Waals surface area contributed by atoms with Crippen LogP contribution in [0, 0.1) is 11.8 Å². The molecule has 0 aromatic rings. The van der Waals surface area contributed by atoms with Gasteiger partial charge in [0.1, 0.15) is 0 Å². The van der Waals surface area contributed by atoms with Crippen LogP contribution in [0.3, 0.4) is 0 Å². The Morgan fingerprint density at radius 2 is 2.07 bits per heavy atom. The number of aliphatic carboxylic acids is 1. The van der Waals surface area contributed by atoms with Gasteiger partial charge in [0.15, 0.2) is 0 Å². The van der Waals surface area contributed by atoms with Crippen molar-refractivity contribution >= 4 is 5.97 Å². The predicted molar refractivity (Wildman–Crippen MR) is 60.8 cm³/mol. The van der Waals surface area contributed by atoms with Gasteiger partial charge in [-0.25, -0.2) is 0 Å². The molecule has 1 fully saturated rings.